The van der Waals surface area contributed by atoms with Crippen LogP contribution in [-0.4, -0.2) is 12.6 Å². The summed E-state index contributed by atoms with van der Waals surface area (Å²) in [7, 11) is 0. The van der Waals surface area contributed by atoms with Crippen molar-refractivity contribution in [1.29, 1.82) is 0 Å². The topological polar surface area (TPSA) is 26.3 Å². The van der Waals surface area contributed by atoms with Gasteiger partial charge in [-0.2, -0.15) is 0 Å². The highest BCUT2D eigenvalue weighted by Crippen LogP contribution is 2.40. The Morgan fingerprint density at radius 1 is 1.35 bits per heavy atom. The van der Waals surface area contributed by atoms with E-state index in [9.17, 15) is 4.79 Å². The van der Waals surface area contributed by atoms with Gasteiger partial charge in [0.25, 0.3) is 0 Å². The Bertz CT molecular complexity index is 496. The molecule has 0 saturated carbocycles. The van der Waals surface area contributed by atoms with E-state index in [1.807, 2.05) is 25.1 Å². The molecule has 17 heavy (non-hydrogen) atoms. The zero-order valence-corrected chi connectivity index (χ0v) is 10.8. The molecule has 1 aromatic carbocycles. The van der Waals surface area contributed by atoms with E-state index in [0.29, 0.717) is 12.2 Å². The summed E-state index contributed by atoms with van der Waals surface area (Å²) in [5.41, 5.74) is 4.38. The number of benzene rings is 1. The van der Waals surface area contributed by atoms with E-state index in [4.69, 9.17) is 4.74 Å². The van der Waals surface area contributed by atoms with E-state index in [1.54, 1.807) is 0 Å². The predicted octanol–water partition coefficient (Wildman–Crippen LogP) is 3.56. The molecule has 1 aromatic rings. The Morgan fingerprint density at radius 2 is 2.06 bits per heavy atom. The second-order valence-corrected chi connectivity index (χ2v) is 5.03. The lowest BCUT2D eigenvalue weighted by Crippen LogP contribution is -2.11. The van der Waals surface area contributed by atoms with Gasteiger partial charge in [-0.1, -0.05) is 26.0 Å². The molecule has 0 bridgehead atoms. The minimum absolute atomic E-state index is 0.0621. The number of rotatable bonds is 2. The first-order valence-electron chi connectivity index (χ1n) is 5.97. The number of ether oxygens (including phenoxy) is 1. The highest BCUT2D eigenvalue weighted by atomic mass is 16.5. The van der Waals surface area contributed by atoms with Gasteiger partial charge in [0.2, 0.25) is 0 Å². The van der Waals surface area contributed by atoms with E-state index in [-0.39, 0.29) is 11.4 Å². The number of carbonyl (C=O) groups excluding carboxylic acids is 1. The van der Waals surface area contributed by atoms with Crippen LogP contribution in [0, 0.1) is 0 Å². The minimum Gasteiger partial charge on any atom is -0.462 e. The van der Waals surface area contributed by atoms with E-state index in [1.165, 1.54) is 16.7 Å². The van der Waals surface area contributed by atoms with Crippen molar-refractivity contribution >= 4 is 11.5 Å². The molecule has 0 spiro atoms. The van der Waals surface area contributed by atoms with Crippen LogP contribution in [0.4, 0.5) is 0 Å². The van der Waals surface area contributed by atoms with Crippen LogP contribution in [0.5, 0.6) is 0 Å². The van der Waals surface area contributed by atoms with E-state index in [0.717, 1.165) is 0 Å². The van der Waals surface area contributed by atoms with Crippen molar-refractivity contribution in [3.05, 3.63) is 41.0 Å². The van der Waals surface area contributed by atoms with Crippen LogP contribution in [-0.2, 0) is 10.2 Å². The smallest absolute Gasteiger partial charge is 0.338 e. The molecule has 0 atom stereocenters. The van der Waals surface area contributed by atoms with Gasteiger partial charge in [-0.15, -0.1) is 0 Å². The summed E-state index contributed by atoms with van der Waals surface area (Å²) >= 11 is 0. The largest absolute Gasteiger partial charge is 0.462 e. The lowest BCUT2D eigenvalue weighted by Gasteiger charge is -2.17. The number of carbonyl (C=O) groups is 1. The highest BCUT2D eigenvalue weighted by molar-refractivity contribution is 5.91. The number of allylic oxidation sites excluding steroid dienone is 2. The molecule has 0 aromatic heterocycles. The van der Waals surface area contributed by atoms with Gasteiger partial charge in [-0.05, 0) is 42.7 Å². The quantitative estimate of drug-likeness (QED) is 0.726. The maximum atomic E-state index is 11.7. The molecule has 0 heterocycles. The molecule has 1 aliphatic carbocycles. The molecule has 2 rings (SSSR count). The fourth-order valence-corrected chi connectivity index (χ4v) is 2.47. The average molecular weight is 230 g/mol. The molecule has 0 saturated heterocycles. The monoisotopic (exact) mass is 230 g/mol. The minimum atomic E-state index is -0.243. The molecular formula is C15H18O2. The van der Waals surface area contributed by atoms with Crippen LogP contribution in [0.1, 0.15) is 49.2 Å². The third kappa shape index (κ3) is 1.99. The molecule has 0 N–H and O–H groups in total. The molecule has 0 amide bonds. The number of esters is 1. The Kier molecular flexibility index (Phi) is 2.82. The van der Waals surface area contributed by atoms with Gasteiger partial charge in [0, 0.05) is 5.41 Å². The van der Waals surface area contributed by atoms with Gasteiger partial charge in [0.15, 0.2) is 0 Å². The Labute approximate surface area is 102 Å². The average Bonchev–Trinajstić information content (AvgIpc) is 2.49. The first kappa shape index (κ1) is 11.9. The van der Waals surface area contributed by atoms with Gasteiger partial charge in [0.05, 0.1) is 12.2 Å². The van der Waals surface area contributed by atoms with Crippen molar-refractivity contribution < 1.29 is 9.53 Å². The summed E-state index contributed by atoms with van der Waals surface area (Å²) in [4.78, 5) is 11.7. The van der Waals surface area contributed by atoms with Crippen molar-refractivity contribution in [3.63, 3.8) is 0 Å². The van der Waals surface area contributed by atoms with Gasteiger partial charge in [-0.25, -0.2) is 4.79 Å². The fraction of sp³-hybridized carbons (Fsp3) is 0.400. The van der Waals surface area contributed by atoms with Crippen LogP contribution in [0.2, 0.25) is 0 Å². The van der Waals surface area contributed by atoms with E-state index >= 15 is 0 Å². The zero-order chi connectivity index (χ0) is 12.6. The van der Waals surface area contributed by atoms with Crippen LogP contribution < -0.4 is 0 Å². The fourth-order valence-electron chi connectivity index (χ4n) is 2.47. The first-order valence-corrected chi connectivity index (χ1v) is 5.97. The van der Waals surface area contributed by atoms with Crippen molar-refractivity contribution in [1.82, 2.24) is 0 Å². The summed E-state index contributed by atoms with van der Waals surface area (Å²) in [5.74, 6) is -0.243. The van der Waals surface area contributed by atoms with Gasteiger partial charge < -0.3 is 4.74 Å². The second kappa shape index (κ2) is 4.02. The molecule has 2 nitrogen and oxygen atoms in total. The molecule has 90 valence electrons. The second-order valence-electron chi connectivity index (χ2n) is 5.03. The Hall–Kier alpha value is -1.57. The molecule has 2 heteroatoms. The number of fused-ring (bicyclic) bond motifs is 1. The first-order chi connectivity index (χ1) is 7.95. The maximum Gasteiger partial charge on any atom is 0.338 e. The molecule has 1 aliphatic rings. The SMILES string of the molecule is CCOC(=O)c1ccc2c(c1)C(C)=CC2(C)C. The molecule has 0 unspecified atom stereocenters. The van der Waals surface area contributed by atoms with E-state index < -0.39 is 0 Å². The predicted molar refractivity (Wildman–Crippen MR) is 69.1 cm³/mol. The van der Waals surface area contributed by atoms with Gasteiger partial charge in [-0.3, -0.25) is 0 Å². The summed E-state index contributed by atoms with van der Waals surface area (Å²) < 4.78 is 5.02. The van der Waals surface area contributed by atoms with Gasteiger partial charge >= 0.3 is 5.97 Å². The number of hydrogen-bond acceptors (Lipinski definition) is 2. The molecule has 0 radical (unpaired) electrons. The van der Waals surface area contributed by atoms with Crippen LogP contribution in [0.25, 0.3) is 5.57 Å². The zero-order valence-electron chi connectivity index (χ0n) is 10.8. The lowest BCUT2D eigenvalue weighted by molar-refractivity contribution is 0.0526. The summed E-state index contributed by atoms with van der Waals surface area (Å²) in [6, 6.07) is 5.83. The lowest BCUT2D eigenvalue weighted by atomic mass is 9.86. The van der Waals surface area contributed by atoms with Crippen molar-refractivity contribution in [2.45, 2.75) is 33.1 Å². The highest BCUT2D eigenvalue weighted by Gasteiger charge is 2.28. The summed E-state index contributed by atoms with van der Waals surface area (Å²) in [6.45, 7) is 8.69. The molecule has 0 fully saturated rings. The molecule has 0 aliphatic heterocycles. The van der Waals surface area contributed by atoms with Crippen molar-refractivity contribution in [2.24, 2.45) is 0 Å². The van der Waals surface area contributed by atoms with Gasteiger partial charge in [0.1, 0.15) is 0 Å². The standard InChI is InChI=1S/C15H18O2/c1-5-17-14(16)11-6-7-13-12(8-11)10(2)9-15(13,3)4/h6-9H,5H2,1-4H3. The Morgan fingerprint density at radius 3 is 2.71 bits per heavy atom. The molecular weight excluding hydrogens is 212 g/mol. The summed E-state index contributed by atoms with van der Waals surface area (Å²) in [5, 5.41) is 0. The van der Waals surface area contributed by atoms with Crippen molar-refractivity contribution in [3.8, 4) is 0 Å². The van der Waals surface area contributed by atoms with Crippen LogP contribution in [0.15, 0.2) is 24.3 Å². The van der Waals surface area contributed by atoms with Crippen LogP contribution >= 0.6 is 0 Å². The van der Waals surface area contributed by atoms with E-state index in [2.05, 4.69) is 26.8 Å². The maximum absolute atomic E-state index is 11.7. The number of hydrogen-bond donors (Lipinski definition) is 0. The normalized spacial score (nSPS) is 16.4. The Balaban J connectivity index is 2.43. The third-order valence-corrected chi connectivity index (χ3v) is 3.23. The van der Waals surface area contributed by atoms with Crippen LogP contribution in [0.3, 0.4) is 0 Å². The van der Waals surface area contributed by atoms with Crippen molar-refractivity contribution in [2.75, 3.05) is 6.61 Å². The summed E-state index contributed by atoms with van der Waals surface area (Å²) in [6.07, 6.45) is 2.24. The third-order valence-electron chi connectivity index (χ3n) is 3.23.